The first kappa shape index (κ1) is 17.9. The van der Waals surface area contributed by atoms with Gasteiger partial charge >= 0.3 is 0 Å². The maximum absolute atomic E-state index is 5.56. The number of hydrogen-bond acceptors (Lipinski definition) is 2. The molecule has 0 fully saturated rings. The summed E-state index contributed by atoms with van der Waals surface area (Å²) in [5.41, 5.74) is 0. The van der Waals surface area contributed by atoms with Crippen molar-refractivity contribution >= 4 is 0 Å². The third-order valence-corrected chi connectivity index (χ3v) is 1.15. The molecule has 0 aliphatic heterocycles. The first-order chi connectivity index (χ1) is 5.68. The van der Waals surface area contributed by atoms with E-state index in [4.69, 9.17) is 5.84 Å². The van der Waals surface area contributed by atoms with Crippen LogP contribution < -0.4 is 5.84 Å². The standard InChI is InChI=1S/C6H16N2.2C2H6/c1-4-5-8(7)6(2)3;2*1-2/h6H,4-5,7H2,1-3H3;2*1-2H3. The molecule has 0 radical (unpaired) electrons. The Morgan fingerprint density at radius 3 is 1.50 bits per heavy atom. The molecule has 78 valence electrons. The van der Waals surface area contributed by atoms with Gasteiger partial charge < -0.3 is 0 Å². The van der Waals surface area contributed by atoms with Crippen molar-refractivity contribution in [1.29, 1.82) is 0 Å². The van der Waals surface area contributed by atoms with Gasteiger partial charge in [-0.2, -0.15) is 0 Å². The van der Waals surface area contributed by atoms with E-state index < -0.39 is 0 Å². The Balaban J connectivity index is -0.000000175. The number of rotatable bonds is 3. The predicted octanol–water partition coefficient (Wildman–Crippen LogP) is 3.03. The van der Waals surface area contributed by atoms with Gasteiger partial charge in [-0.25, -0.2) is 5.01 Å². The molecule has 0 unspecified atom stereocenters. The average molecular weight is 176 g/mol. The fraction of sp³-hybridized carbons (Fsp3) is 1.00. The maximum Gasteiger partial charge on any atom is 0.0184 e. The molecular weight excluding hydrogens is 148 g/mol. The molecule has 0 aromatic carbocycles. The van der Waals surface area contributed by atoms with Crippen molar-refractivity contribution in [2.24, 2.45) is 5.84 Å². The molecule has 0 aromatic rings. The number of nitrogens with zero attached hydrogens (tertiary/aromatic N) is 1. The normalized spacial score (nSPS) is 8.50. The molecule has 2 N–H and O–H groups in total. The SMILES string of the molecule is CC.CC.CCCN(N)C(C)C. The highest BCUT2D eigenvalue weighted by Gasteiger charge is 1.99. The molecular formula is C10H28N2. The van der Waals surface area contributed by atoms with Crippen molar-refractivity contribution in [2.75, 3.05) is 6.54 Å². The van der Waals surface area contributed by atoms with Crippen molar-refractivity contribution in [3.63, 3.8) is 0 Å². The summed E-state index contributed by atoms with van der Waals surface area (Å²) in [6.45, 7) is 15.3. The second kappa shape index (κ2) is 17.1. The highest BCUT2D eigenvalue weighted by Crippen LogP contribution is 1.89. The summed E-state index contributed by atoms with van der Waals surface area (Å²) >= 11 is 0. The molecule has 12 heavy (non-hydrogen) atoms. The van der Waals surface area contributed by atoms with Gasteiger partial charge in [0.15, 0.2) is 0 Å². The van der Waals surface area contributed by atoms with Gasteiger partial charge in [0.25, 0.3) is 0 Å². The van der Waals surface area contributed by atoms with Crippen LogP contribution in [-0.2, 0) is 0 Å². The van der Waals surface area contributed by atoms with Gasteiger partial charge in [-0.05, 0) is 20.3 Å². The minimum atomic E-state index is 0.481. The first-order valence-corrected chi connectivity index (χ1v) is 5.19. The summed E-state index contributed by atoms with van der Waals surface area (Å²) in [5, 5.41) is 1.85. The fourth-order valence-electron chi connectivity index (χ4n) is 0.516. The molecule has 0 heterocycles. The molecule has 2 heteroatoms. The Labute approximate surface area is 79.1 Å². The fourth-order valence-corrected chi connectivity index (χ4v) is 0.516. The zero-order chi connectivity index (χ0) is 10.6. The predicted molar refractivity (Wildman–Crippen MR) is 59.0 cm³/mol. The van der Waals surface area contributed by atoms with Crippen LogP contribution >= 0.6 is 0 Å². The van der Waals surface area contributed by atoms with Crippen LogP contribution in [0.1, 0.15) is 54.9 Å². The summed E-state index contributed by atoms with van der Waals surface area (Å²) < 4.78 is 0. The summed E-state index contributed by atoms with van der Waals surface area (Å²) in [6.07, 6.45) is 1.13. The molecule has 0 saturated heterocycles. The van der Waals surface area contributed by atoms with Crippen LogP contribution in [-0.4, -0.2) is 17.6 Å². The molecule has 0 amide bonds. The van der Waals surface area contributed by atoms with Crippen molar-refractivity contribution in [3.8, 4) is 0 Å². The highest BCUT2D eigenvalue weighted by molar-refractivity contribution is 4.51. The molecule has 2 nitrogen and oxygen atoms in total. The third kappa shape index (κ3) is 16.5. The minimum absolute atomic E-state index is 0.481. The zero-order valence-electron chi connectivity index (χ0n) is 10.0. The van der Waals surface area contributed by atoms with E-state index in [0.29, 0.717) is 6.04 Å². The molecule has 0 aromatic heterocycles. The van der Waals surface area contributed by atoms with E-state index in [1.54, 1.807) is 0 Å². The first-order valence-electron chi connectivity index (χ1n) is 5.19. The van der Waals surface area contributed by atoms with E-state index >= 15 is 0 Å². The van der Waals surface area contributed by atoms with Crippen LogP contribution in [0.5, 0.6) is 0 Å². The van der Waals surface area contributed by atoms with Crippen molar-refractivity contribution in [2.45, 2.75) is 60.9 Å². The van der Waals surface area contributed by atoms with Gasteiger partial charge in [-0.15, -0.1) is 0 Å². The van der Waals surface area contributed by atoms with Crippen LogP contribution in [0.15, 0.2) is 0 Å². The molecule has 0 spiro atoms. The maximum atomic E-state index is 5.56. The van der Waals surface area contributed by atoms with E-state index in [0.717, 1.165) is 13.0 Å². The van der Waals surface area contributed by atoms with Crippen LogP contribution in [0.4, 0.5) is 0 Å². The zero-order valence-corrected chi connectivity index (χ0v) is 10.0. The summed E-state index contributed by atoms with van der Waals surface area (Å²) in [5.74, 6) is 5.56. The molecule has 0 rings (SSSR count). The van der Waals surface area contributed by atoms with Gasteiger partial charge in [0.05, 0.1) is 0 Å². The molecule has 0 aliphatic rings. The Kier molecular flexibility index (Phi) is 25.5. The van der Waals surface area contributed by atoms with Crippen molar-refractivity contribution in [3.05, 3.63) is 0 Å². The Hall–Kier alpha value is -0.0800. The van der Waals surface area contributed by atoms with Gasteiger partial charge in [-0.1, -0.05) is 34.6 Å². The van der Waals surface area contributed by atoms with Gasteiger partial charge in [0, 0.05) is 12.6 Å². The van der Waals surface area contributed by atoms with Crippen LogP contribution in [0.3, 0.4) is 0 Å². The second-order valence-corrected chi connectivity index (χ2v) is 2.33. The number of nitrogens with two attached hydrogens (primary N) is 1. The lowest BCUT2D eigenvalue weighted by molar-refractivity contribution is 0.228. The monoisotopic (exact) mass is 176 g/mol. The minimum Gasteiger partial charge on any atom is -0.269 e. The van der Waals surface area contributed by atoms with E-state index in [1.807, 2.05) is 32.7 Å². The Morgan fingerprint density at radius 2 is 1.42 bits per heavy atom. The lowest BCUT2D eigenvalue weighted by Crippen LogP contribution is -2.37. The van der Waals surface area contributed by atoms with Crippen molar-refractivity contribution < 1.29 is 0 Å². The Morgan fingerprint density at radius 1 is 1.08 bits per heavy atom. The lowest BCUT2D eigenvalue weighted by atomic mass is 10.3. The number of hydrazine groups is 1. The largest absolute Gasteiger partial charge is 0.269 e. The highest BCUT2D eigenvalue weighted by atomic mass is 15.4. The lowest BCUT2D eigenvalue weighted by Gasteiger charge is -2.18. The van der Waals surface area contributed by atoms with E-state index in [9.17, 15) is 0 Å². The second-order valence-electron chi connectivity index (χ2n) is 2.33. The summed E-state index contributed by atoms with van der Waals surface area (Å²) in [4.78, 5) is 0. The quantitative estimate of drug-likeness (QED) is 0.529. The van der Waals surface area contributed by atoms with Gasteiger partial charge in [-0.3, -0.25) is 5.84 Å². The molecule has 0 bridgehead atoms. The van der Waals surface area contributed by atoms with Gasteiger partial charge in [0.1, 0.15) is 0 Å². The van der Waals surface area contributed by atoms with Crippen molar-refractivity contribution in [1.82, 2.24) is 5.01 Å². The molecule has 0 atom stereocenters. The Bertz CT molecular complexity index is 53.8. The third-order valence-electron chi connectivity index (χ3n) is 1.15. The summed E-state index contributed by atoms with van der Waals surface area (Å²) in [6, 6.07) is 0.481. The smallest absolute Gasteiger partial charge is 0.0184 e. The van der Waals surface area contributed by atoms with Crippen LogP contribution in [0.2, 0.25) is 0 Å². The van der Waals surface area contributed by atoms with Gasteiger partial charge in [0.2, 0.25) is 0 Å². The van der Waals surface area contributed by atoms with Crippen LogP contribution in [0.25, 0.3) is 0 Å². The number of hydrogen-bond donors (Lipinski definition) is 1. The van der Waals surface area contributed by atoms with Crippen LogP contribution in [0, 0.1) is 0 Å². The van der Waals surface area contributed by atoms with E-state index in [2.05, 4.69) is 20.8 Å². The summed E-state index contributed by atoms with van der Waals surface area (Å²) in [7, 11) is 0. The molecule has 0 saturated carbocycles. The topological polar surface area (TPSA) is 29.3 Å². The average Bonchev–Trinajstić information content (AvgIpc) is 2.12. The van der Waals surface area contributed by atoms with E-state index in [-0.39, 0.29) is 0 Å². The van der Waals surface area contributed by atoms with E-state index in [1.165, 1.54) is 0 Å². The molecule has 0 aliphatic carbocycles.